The SMILES string of the molecule is CCCN(C)CC(O)CCC(=O)OC. The summed E-state index contributed by atoms with van der Waals surface area (Å²) in [5.41, 5.74) is 0. The van der Waals surface area contributed by atoms with E-state index < -0.39 is 6.10 Å². The van der Waals surface area contributed by atoms with Gasteiger partial charge >= 0.3 is 5.97 Å². The van der Waals surface area contributed by atoms with Gasteiger partial charge < -0.3 is 14.7 Å². The Labute approximate surface area is 85.9 Å². The van der Waals surface area contributed by atoms with Crippen LogP contribution in [0.4, 0.5) is 0 Å². The normalized spacial score (nSPS) is 12.9. The fraction of sp³-hybridized carbons (Fsp3) is 0.900. The zero-order valence-corrected chi connectivity index (χ0v) is 9.32. The van der Waals surface area contributed by atoms with Crippen LogP contribution in [0.25, 0.3) is 0 Å². The molecule has 0 saturated carbocycles. The smallest absolute Gasteiger partial charge is 0.305 e. The number of hydrogen-bond donors (Lipinski definition) is 1. The molecular formula is C10H21NO3. The number of carbonyl (C=O) groups excluding carboxylic acids is 1. The number of aliphatic hydroxyl groups is 1. The molecule has 0 bridgehead atoms. The highest BCUT2D eigenvalue weighted by Crippen LogP contribution is 2.00. The molecule has 0 aliphatic rings. The second-order valence-corrected chi connectivity index (χ2v) is 3.53. The first kappa shape index (κ1) is 13.4. The summed E-state index contributed by atoms with van der Waals surface area (Å²) in [6, 6.07) is 0. The van der Waals surface area contributed by atoms with Crippen LogP contribution in [-0.4, -0.2) is 49.3 Å². The van der Waals surface area contributed by atoms with E-state index in [0.29, 0.717) is 13.0 Å². The highest BCUT2D eigenvalue weighted by molar-refractivity contribution is 5.69. The van der Waals surface area contributed by atoms with E-state index in [0.717, 1.165) is 13.0 Å². The Hall–Kier alpha value is -0.610. The van der Waals surface area contributed by atoms with Crippen molar-refractivity contribution in [3.8, 4) is 0 Å². The third-order valence-corrected chi connectivity index (χ3v) is 2.04. The number of aliphatic hydroxyl groups excluding tert-OH is 1. The fourth-order valence-electron chi connectivity index (χ4n) is 1.31. The first-order chi connectivity index (χ1) is 6.60. The molecule has 84 valence electrons. The van der Waals surface area contributed by atoms with Crippen LogP contribution >= 0.6 is 0 Å². The van der Waals surface area contributed by atoms with E-state index in [2.05, 4.69) is 16.6 Å². The lowest BCUT2D eigenvalue weighted by atomic mass is 10.2. The molecule has 0 aliphatic carbocycles. The molecule has 4 nitrogen and oxygen atoms in total. The topological polar surface area (TPSA) is 49.8 Å². The van der Waals surface area contributed by atoms with Crippen molar-refractivity contribution in [2.45, 2.75) is 32.3 Å². The van der Waals surface area contributed by atoms with Gasteiger partial charge in [-0.05, 0) is 26.4 Å². The van der Waals surface area contributed by atoms with E-state index in [9.17, 15) is 9.90 Å². The maximum absolute atomic E-state index is 10.8. The molecule has 0 heterocycles. The highest BCUT2D eigenvalue weighted by atomic mass is 16.5. The van der Waals surface area contributed by atoms with Gasteiger partial charge in [-0.2, -0.15) is 0 Å². The van der Waals surface area contributed by atoms with E-state index >= 15 is 0 Å². The van der Waals surface area contributed by atoms with Crippen LogP contribution in [0.2, 0.25) is 0 Å². The molecule has 0 aromatic heterocycles. The maximum atomic E-state index is 10.8. The van der Waals surface area contributed by atoms with Crippen molar-refractivity contribution in [1.29, 1.82) is 0 Å². The molecule has 4 heteroatoms. The summed E-state index contributed by atoms with van der Waals surface area (Å²) >= 11 is 0. The Kier molecular flexibility index (Phi) is 7.42. The molecular weight excluding hydrogens is 182 g/mol. The van der Waals surface area contributed by atoms with Crippen molar-refractivity contribution in [2.75, 3.05) is 27.2 Å². The van der Waals surface area contributed by atoms with Gasteiger partial charge in [0.2, 0.25) is 0 Å². The van der Waals surface area contributed by atoms with Crippen LogP contribution in [0.1, 0.15) is 26.2 Å². The van der Waals surface area contributed by atoms with E-state index in [4.69, 9.17) is 0 Å². The first-order valence-corrected chi connectivity index (χ1v) is 5.03. The van der Waals surface area contributed by atoms with Crippen molar-refractivity contribution < 1.29 is 14.6 Å². The monoisotopic (exact) mass is 203 g/mol. The Balaban J connectivity index is 3.54. The minimum atomic E-state index is -0.439. The number of ether oxygens (including phenoxy) is 1. The zero-order valence-electron chi connectivity index (χ0n) is 9.32. The van der Waals surface area contributed by atoms with Crippen LogP contribution in [0.5, 0.6) is 0 Å². The van der Waals surface area contributed by atoms with Gasteiger partial charge in [0.15, 0.2) is 0 Å². The second-order valence-electron chi connectivity index (χ2n) is 3.53. The average Bonchev–Trinajstić information content (AvgIpc) is 2.14. The Bertz CT molecular complexity index is 161. The van der Waals surface area contributed by atoms with E-state index in [-0.39, 0.29) is 12.4 Å². The van der Waals surface area contributed by atoms with Crippen LogP contribution in [0.3, 0.4) is 0 Å². The minimum absolute atomic E-state index is 0.262. The summed E-state index contributed by atoms with van der Waals surface area (Å²) < 4.78 is 4.49. The molecule has 0 amide bonds. The number of methoxy groups -OCH3 is 1. The number of likely N-dealkylation sites (N-methyl/N-ethyl adjacent to an activating group) is 1. The maximum Gasteiger partial charge on any atom is 0.305 e. The molecule has 1 N–H and O–H groups in total. The molecule has 0 saturated heterocycles. The molecule has 1 unspecified atom stereocenters. The second kappa shape index (κ2) is 7.76. The number of rotatable bonds is 7. The number of nitrogens with zero attached hydrogens (tertiary/aromatic N) is 1. The number of esters is 1. The van der Waals surface area contributed by atoms with Crippen molar-refractivity contribution in [3.63, 3.8) is 0 Å². The van der Waals surface area contributed by atoms with Gasteiger partial charge in [0.25, 0.3) is 0 Å². The molecule has 1 atom stereocenters. The van der Waals surface area contributed by atoms with Crippen molar-refractivity contribution in [1.82, 2.24) is 4.90 Å². The summed E-state index contributed by atoms with van der Waals surface area (Å²) in [4.78, 5) is 12.8. The summed E-state index contributed by atoms with van der Waals surface area (Å²) in [5.74, 6) is -0.262. The third-order valence-electron chi connectivity index (χ3n) is 2.04. The Morgan fingerprint density at radius 3 is 2.71 bits per heavy atom. The Morgan fingerprint density at radius 1 is 1.57 bits per heavy atom. The van der Waals surface area contributed by atoms with Crippen molar-refractivity contribution in [2.24, 2.45) is 0 Å². The van der Waals surface area contributed by atoms with Crippen LogP contribution in [-0.2, 0) is 9.53 Å². The lowest BCUT2D eigenvalue weighted by molar-refractivity contribution is -0.141. The van der Waals surface area contributed by atoms with Gasteiger partial charge in [-0.25, -0.2) is 0 Å². The lowest BCUT2D eigenvalue weighted by Gasteiger charge is -2.19. The van der Waals surface area contributed by atoms with Crippen molar-refractivity contribution >= 4 is 5.97 Å². The van der Waals surface area contributed by atoms with Crippen LogP contribution < -0.4 is 0 Å². The standard InChI is InChI=1S/C10H21NO3/c1-4-7-11(2)8-9(12)5-6-10(13)14-3/h9,12H,4-8H2,1-3H3. The van der Waals surface area contributed by atoms with Crippen LogP contribution in [0.15, 0.2) is 0 Å². The predicted octanol–water partition coefficient (Wildman–Crippen LogP) is 0.642. The summed E-state index contributed by atoms with van der Waals surface area (Å²) in [7, 11) is 3.32. The largest absolute Gasteiger partial charge is 0.469 e. The van der Waals surface area contributed by atoms with Gasteiger partial charge in [0.05, 0.1) is 13.2 Å². The van der Waals surface area contributed by atoms with E-state index in [1.165, 1.54) is 7.11 Å². The highest BCUT2D eigenvalue weighted by Gasteiger charge is 2.10. The fourth-order valence-corrected chi connectivity index (χ4v) is 1.31. The molecule has 0 aromatic rings. The van der Waals surface area contributed by atoms with Gasteiger partial charge in [-0.15, -0.1) is 0 Å². The number of hydrogen-bond acceptors (Lipinski definition) is 4. The molecule has 0 radical (unpaired) electrons. The zero-order chi connectivity index (χ0) is 11.0. The van der Waals surface area contributed by atoms with E-state index in [1.54, 1.807) is 0 Å². The number of carbonyl (C=O) groups is 1. The first-order valence-electron chi connectivity index (χ1n) is 5.03. The van der Waals surface area contributed by atoms with Crippen molar-refractivity contribution in [3.05, 3.63) is 0 Å². The molecule has 0 rings (SSSR count). The van der Waals surface area contributed by atoms with Gasteiger partial charge in [-0.3, -0.25) is 4.79 Å². The average molecular weight is 203 g/mol. The summed E-state index contributed by atoms with van der Waals surface area (Å²) in [6.07, 6.45) is 1.39. The molecule has 0 fully saturated rings. The quantitative estimate of drug-likeness (QED) is 0.617. The third kappa shape index (κ3) is 6.86. The van der Waals surface area contributed by atoms with Gasteiger partial charge in [-0.1, -0.05) is 6.92 Å². The minimum Gasteiger partial charge on any atom is -0.469 e. The summed E-state index contributed by atoms with van der Waals surface area (Å²) in [6.45, 7) is 3.68. The van der Waals surface area contributed by atoms with Gasteiger partial charge in [0, 0.05) is 13.0 Å². The molecule has 0 spiro atoms. The molecule has 0 aromatic carbocycles. The lowest BCUT2D eigenvalue weighted by Crippen LogP contribution is -2.30. The molecule has 14 heavy (non-hydrogen) atoms. The van der Waals surface area contributed by atoms with E-state index in [1.807, 2.05) is 7.05 Å². The summed E-state index contributed by atoms with van der Waals surface area (Å²) in [5, 5.41) is 9.54. The Morgan fingerprint density at radius 2 is 2.21 bits per heavy atom. The van der Waals surface area contributed by atoms with Crippen LogP contribution in [0, 0.1) is 0 Å². The molecule has 0 aliphatic heterocycles. The predicted molar refractivity (Wildman–Crippen MR) is 55.0 cm³/mol. The van der Waals surface area contributed by atoms with Gasteiger partial charge in [0.1, 0.15) is 0 Å².